The Morgan fingerprint density at radius 2 is 2.00 bits per heavy atom. The van der Waals surface area contributed by atoms with Crippen molar-refractivity contribution >= 4 is 5.95 Å². The first-order valence-electron chi connectivity index (χ1n) is 5.02. The second-order valence-electron chi connectivity index (χ2n) is 4.19. The molecule has 2 fully saturated rings. The van der Waals surface area contributed by atoms with Crippen LogP contribution in [0.5, 0.6) is 0 Å². The maximum Gasteiger partial charge on any atom is 0.245 e. The van der Waals surface area contributed by atoms with Crippen LogP contribution < -0.4 is 10.2 Å². The molecule has 3 heterocycles. The van der Waals surface area contributed by atoms with Gasteiger partial charge in [0.05, 0.1) is 0 Å². The van der Waals surface area contributed by atoms with Gasteiger partial charge in [0.15, 0.2) is 0 Å². The number of anilines is 1. The van der Waals surface area contributed by atoms with Gasteiger partial charge in [-0.15, -0.1) is 0 Å². The molecule has 1 aromatic rings. The van der Waals surface area contributed by atoms with Gasteiger partial charge in [0, 0.05) is 33.2 Å². The Balaban J connectivity index is 1.80. The summed E-state index contributed by atoms with van der Waals surface area (Å²) in [4.78, 5) is 2.29. The normalized spacial score (nSPS) is 31.1. The van der Waals surface area contributed by atoms with E-state index >= 15 is 0 Å². The first-order valence-corrected chi connectivity index (χ1v) is 5.02. The maximum atomic E-state index is 4.03. The van der Waals surface area contributed by atoms with E-state index in [1.54, 1.807) is 4.68 Å². The molecule has 14 heavy (non-hydrogen) atoms. The predicted molar refractivity (Wildman–Crippen MR) is 50.9 cm³/mol. The Morgan fingerprint density at radius 3 is 2.57 bits per heavy atom. The van der Waals surface area contributed by atoms with Crippen molar-refractivity contribution in [2.24, 2.45) is 18.9 Å². The van der Waals surface area contributed by atoms with Gasteiger partial charge in [0.1, 0.15) is 0 Å². The van der Waals surface area contributed by atoms with Crippen molar-refractivity contribution in [1.29, 1.82) is 0 Å². The highest BCUT2D eigenvalue weighted by atomic mass is 15.6. The Hall–Kier alpha value is -1.17. The summed E-state index contributed by atoms with van der Waals surface area (Å²) in [6.45, 7) is 4.47. The lowest BCUT2D eigenvalue weighted by Crippen LogP contribution is -2.27. The summed E-state index contributed by atoms with van der Waals surface area (Å²) < 4.78 is 1.74. The molecule has 76 valence electrons. The van der Waals surface area contributed by atoms with Gasteiger partial charge in [-0.25, -0.2) is 4.68 Å². The van der Waals surface area contributed by atoms with Crippen LogP contribution in [0.3, 0.4) is 0 Å². The summed E-state index contributed by atoms with van der Waals surface area (Å²) in [6, 6.07) is 0. The quantitative estimate of drug-likeness (QED) is 0.613. The van der Waals surface area contributed by atoms with E-state index in [0.29, 0.717) is 0 Å². The van der Waals surface area contributed by atoms with E-state index in [1.165, 1.54) is 0 Å². The molecule has 0 aliphatic carbocycles. The lowest BCUT2D eigenvalue weighted by molar-refractivity contribution is 0.533. The third kappa shape index (κ3) is 1.10. The summed E-state index contributed by atoms with van der Waals surface area (Å²) >= 11 is 0. The summed E-state index contributed by atoms with van der Waals surface area (Å²) in [5.41, 5.74) is 0. The number of nitrogens with zero attached hydrogens (tertiary/aromatic N) is 5. The fourth-order valence-corrected chi connectivity index (χ4v) is 2.51. The van der Waals surface area contributed by atoms with Crippen molar-refractivity contribution in [2.45, 2.75) is 0 Å². The van der Waals surface area contributed by atoms with Gasteiger partial charge in [-0.2, -0.15) is 0 Å². The number of aromatic nitrogens is 4. The zero-order chi connectivity index (χ0) is 9.54. The second kappa shape index (κ2) is 2.91. The lowest BCUT2D eigenvalue weighted by atomic mass is 10.0. The predicted octanol–water partition coefficient (Wildman–Crippen LogP) is -1.13. The minimum absolute atomic E-state index is 0.784. The largest absolute Gasteiger partial charge is 0.339 e. The molecule has 2 unspecified atom stereocenters. The Kier molecular flexibility index (Phi) is 1.70. The molecule has 0 amide bonds. The van der Waals surface area contributed by atoms with Crippen LogP contribution in [-0.4, -0.2) is 46.4 Å². The zero-order valence-corrected chi connectivity index (χ0v) is 8.22. The van der Waals surface area contributed by atoms with Crippen LogP contribution in [0, 0.1) is 11.8 Å². The monoisotopic (exact) mass is 194 g/mol. The molecule has 6 heteroatoms. The van der Waals surface area contributed by atoms with Crippen molar-refractivity contribution in [3.63, 3.8) is 0 Å². The molecule has 0 bridgehead atoms. The minimum Gasteiger partial charge on any atom is -0.339 e. The van der Waals surface area contributed by atoms with Gasteiger partial charge in [-0.05, 0) is 22.3 Å². The Labute approximate surface area is 82.3 Å². The molecular formula is C8H14N6. The van der Waals surface area contributed by atoms with Gasteiger partial charge < -0.3 is 10.2 Å². The first-order chi connectivity index (χ1) is 6.84. The zero-order valence-electron chi connectivity index (χ0n) is 8.22. The molecule has 2 atom stereocenters. The smallest absolute Gasteiger partial charge is 0.245 e. The summed E-state index contributed by atoms with van der Waals surface area (Å²) in [5.74, 6) is 2.47. The number of aryl methyl sites for hydroxylation is 1. The van der Waals surface area contributed by atoms with Crippen LogP contribution in [0.1, 0.15) is 0 Å². The third-order valence-corrected chi connectivity index (χ3v) is 3.27. The topological polar surface area (TPSA) is 58.9 Å². The van der Waals surface area contributed by atoms with Crippen LogP contribution in [0.15, 0.2) is 0 Å². The molecule has 0 radical (unpaired) electrons. The average molecular weight is 194 g/mol. The Bertz CT molecular complexity index is 322. The highest BCUT2D eigenvalue weighted by Crippen LogP contribution is 2.28. The van der Waals surface area contributed by atoms with Crippen LogP contribution in [0.2, 0.25) is 0 Å². The van der Waals surface area contributed by atoms with E-state index in [1.807, 2.05) is 7.05 Å². The molecule has 2 aliphatic heterocycles. The van der Waals surface area contributed by atoms with Crippen LogP contribution in [0.25, 0.3) is 0 Å². The van der Waals surface area contributed by atoms with E-state index in [-0.39, 0.29) is 0 Å². The molecule has 2 saturated heterocycles. The molecular weight excluding hydrogens is 180 g/mol. The van der Waals surface area contributed by atoms with Crippen LogP contribution >= 0.6 is 0 Å². The maximum absolute atomic E-state index is 4.03. The molecule has 1 aromatic heterocycles. The SMILES string of the molecule is Cn1nnnc1N1CC2CNCC2C1. The number of hydrogen-bond donors (Lipinski definition) is 1. The van der Waals surface area contributed by atoms with E-state index in [4.69, 9.17) is 0 Å². The Morgan fingerprint density at radius 1 is 1.29 bits per heavy atom. The van der Waals surface area contributed by atoms with Gasteiger partial charge in [0.25, 0.3) is 0 Å². The summed E-state index contributed by atoms with van der Waals surface area (Å²) in [5, 5.41) is 15.0. The molecule has 6 nitrogen and oxygen atoms in total. The second-order valence-corrected chi connectivity index (χ2v) is 4.19. The van der Waals surface area contributed by atoms with Crippen molar-refractivity contribution in [3.8, 4) is 0 Å². The summed E-state index contributed by atoms with van der Waals surface area (Å²) in [6.07, 6.45) is 0. The van der Waals surface area contributed by atoms with Crippen molar-refractivity contribution in [3.05, 3.63) is 0 Å². The first kappa shape index (κ1) is 8.16. The standard InChI is InChI=1S/C8H14N6/c1-13-8(10-11-12-13)14-4-6-2-9-3-7(6)5-14/h6-7,9H,2-5H2,1H3. The van der Waals surface area contributed by atoms with Gasteiger partial charge in [0.2, 0.25) is 5.95 Å². The van der Waals surface area contributed by atoms with E-state index < -0.39 is 0 Å². The molecule has 2 aliphatic rings. The average Bonchev–Trinajstić information content (AvgIpc) is 2.75. The highest BCUT2D eigenvalue weighted by molar-refractivity contribution is 5.31. The van der Waals surface area contributed by atoms with Crippen LogP contribution in [0.4, 0.5) is 5.95 Å². The lowest BCUT2D eigenvalue weighted by Gasteiger charge is -2.16. The van der Waals surface area contributed by atoms with E-state index in [9.17, 15) is 0 Å². The molecule has 0 saturated carbocycles. The molecule has 1 N–H and O–H groups in total. The van der Waals surface area contributed by atoms with E-state index in [2.05, 4.69) is 25.7 Å². The summed E-state index contributed by atoms with van der Waals surface area (Å²) in [7, 11) is 1.89. The minimum atomic E-state index is 0.784. The fourth-order valence-electron chi connectivity index (χ4n) is 2.51. The number of fused-ring (bicyclic) bond motifs is 1. The van der Waals surface area contributed by atoms with E-state index in [0.717, 1.165) is 44.0 Å². The van der Waals surface area contributed by atoms with Gasteiger partial charge in [-0.3, -0.25) is 0 Å². The van der Waals surface area contributed by atoms with Crippen molar-refractivity contribution in [1.82, 2.24) is 25.5 Å². The highest BCUT2D eigenvalue weighted by Gasteiger charge is 2.37. The number of hydrogen-bond acceptors (Lipinski definition) is 5. The molecule has 0 aromatic carbocycles. The fraction of sp³-hybridized carbons (Fsp3) is 0.875. The van der Waals surface area contributed by atoms with Crippen molar-refractivity contribution < 1.29 is 0 Å². The van der Waals surface area contributed by atoms with Crippen molar-refractivity contribution in [2.75, 3.05) is 31.1 Å². The molecule has 0 spiro atoms. The number of nitrogens with one attached hydrogen (secondary N) is 1. The molecule has 3 rings (SSSR count). The number of rotatable bonds is 1. The van der Waals surface area contributed by atoms with Gasteiger partial charge in [-0.1, -0.05) is 5.10 Å². The number of tetrazole rings is 1. The van der Waals surface area contributed by atoms with Gasteiger partial charge >= 0.3 is 0 Å². The third-order valence-electron chi connectivity index (χ3n) is 3.27. The van der Waals surface area contributed by atoms with Crippen LogP contribution in [-0.2, 0) is 7.05 Å².